The Bertz CT molecular complexity index is 381. The van der Waals surface area contributed by atoms with E-state index >= 15 is 0 Å². The van der Waals surface area contributed by atoms with Gasteiger partial charge in [-0.15, -0.1) is 20.4 Å². The van der Waals surface area contributed by atoms with Crippen LogP contribution in [0.5, 0.6) is 0 Å². The van der Waals surface area contributed by atoms with Crippen LogP contribution in [0, 0.1) is 0 Å². The van der Waals surface area contributed by atoms with Crippen LogP contribution in [0.4, 0.5) is 5.95 Å². The second kappa shape index (κ2) is 3.67. The van der Waals surface area contributed by atoms with Crippen molar-refractivity contribution in [2.45, 2.75) is 0 Å². The van der Waals surface area contributed by atoms with Crippen molar-refractivity contribution in [3.05, 3.63) is 28.7 Å². The van der Waals surface area contributed by atoms with Crippen LogP contribution in [0.2, 0.25) is 0 Å². The van der Waals surface area contributed by atoms with Gasteiger partial charge in [-0.25, -0.2) is 0 Å². The van der Waals surface area contributed by atoms with Crippen LogP contribution in [0.1, 0.15) is 0 Å². The molecule has 0 aliphatic carbocycles. The predicted octanol–water partition coefficient (Wildman–Crippen LogP) is 1.28. The van der Waals surface area contributed by atoms with Gasteiger partial charge in [0, 0.05) is 10.0 Å². The highest BCUT2D eigenvalue weighted by molar-refractivity contribution is 9.10. The van der Waals surface area contributed by atoms with Gasteiger partial charge in [0.05, 0.1) is 0 Å². The number of nitrogen functional groups attached to an aromatic ring is 1. The number of nitrogens with zero attached hydrogens (tertiary/aromatic N) is 4. The third-order valence-corrected chi connectivity index (χ3v) is 2.13. The Morgan fingerprint density at radius 2 is 1.50 bits per heavy atom. The summed E-state index contributed by atoms with van der Waals surface area (Å²) in [6.07, 6.45) is 0. The number of rotatable bonds is 1. The molecule has 0 bridgehead atoms. The fourth-order valence-electron chi connectivity index (χ4n) is 0.952. The number of hydrogen-bond donors (Lipinski definition) is 1. The van der Waals surface area contributed by atoms with Gasteiger partial charge in [0.1, 0.15) is 0 Å². The van der Waals surface area contributed by atoms with Gasteiger partial charge in [0.25, 0.3) is 5.95 Å². The number of halogens is 1. The molecular weight excluding hydrogens is 246 g/mol. The zero-order valence-electron chi connectivity index (χ0n) is 7.05. The van der Waals surface area contributed by atoms with Gasteiger partial charge in [-0.2, -0.15) is 0 Å². The molecule has 1 heterocycles. The maximum Gasteiger partial charge on any atom is 0.259 e. The van der Waals surface area contributed by atoms with Gasteiger partial charge in [0.15, 0.2) is 0 Å². The van der Waals surface area contributed by atoms with E-state index in [1.165, 1.54) is 0 Å². The van der Waals surface area contributed by atoms with Gasteiger partial charge in [-0.1, -0.05) is 15.9 Å². The lowest BCUT2D eigenvalue weighted by molar-refractivity contribution is 0.881. The SMILES string of the molecule is Nc1nnc(-c2ccc(Br)cc2)nn1. The molecule has 0 atom stereocenters. The van der Waals surface area contributed by atoms with Crippen molar-refractivity contribution < 1.29 is 0 Å². The lowest BCUT2D eigenvalue weighted by Crippen LogP contribution is -2.01. The van der Waals surface area contributed by atoms with Crippen LogP contribution in [-0.2, 0) is 0 Å². The van der Waals surface area contributed by atoms with E-state index in [1.807, 2.05) is 24.3 Å². The molecule has 0 radical (unpaired) electrons. The molecule has 70 valence electrons. The molecule has 0 aliphatic rings. The maximum atomic E-state index is 5.27. The molecule has 2 rings (SSSR count). The molecular formula is C8H6BrN5. The zero-order chi connectivity index (χ0) is 9.97. The second-order valence-electron chi connectivity index (χ2n) is 2.59. The number of anilines is 1. The van der Waals surface area contributed by atoms with Crippen molar-refractivity contribution in [1.82, 2.24) is 20.4 Å². The molecule has 0 saturated carbocycles. The van der Waals surface area contributed by atoms with Gasteiger partial charge in [-0.05, 0) is 24.3 Å². The van der Waals surface area contributed by atoms with E-state index in [9.17, 15) is 0 Å². The van der Waals surface area contributed by atoms with E-state index in [1.54, 1.807) is 0 Å². The van der Waals surface area contributed by atoms with Crippen LogP contribution in [0.3, 0.4) is 0 Å². The normalized spacial score (nSPS) is 10.1. The number of benzene rings is 1. The molecule has 0 amide bonds. The molecule has 6 heteroatoms. The number of hydrogen-bond acceptors (Lipinski definition) is 5. The summed E-state index contributed by atoms with van der Waals surface area (Å²) < 4.78 is 0.998. The first-order valence-corrected chi connectivity index (χ1v) is 4.64. The quantitative estimate of drug-likeness (QED) is 0.827. The first kappa shape index (κ1) is 9.01. The Labute approximate surface area is 88.5 Å². The number of nitrogens with two attached hydrogens (primary N) is 1. The summed E-state index contributed by atoms with van der Waals surface area (Å²) in [6, 6.07) is 7.54. The predicted molar refractivity (Wildman–Crippen MR) is 55.2 cm³/mol. The Morgan fingerprint density at radius 1 is 0.929 bits per heavy atom. The van der Waals surface area contributed by atoms with Crippen LogP contribution in [0.15, 0.2) is 28.7 Å². The Balaban J connectivity index is 2.40. The lowest BCUT2D eigenvalue weighted by Gasteiger charge is -1.97. The summed E-state index contributed by atoms with van der Waals surface area (Å²) in [5.41, 5.74) is 6.13. The van der Waals surface area contributed by atoms with Crippen molar-refractivity contribution in [3.63, 3.8) is 0 Å². The molecule has 0 aliphatic heterocycles. The van der Waals surface area contributed by atoms with E-state index in [-0.39, 0.29) is 5.95 Å². The van der Waals surface area contributed by atoms with E-state index in [0.717, 1.165) is 10.0 Å². The van der Waals surface area contributed by atoms with Gasteiger partial charge < -0.3 is 5.73 Å². The summed E-state index contributed by atoms with van der Waals surface area (Å²) in [4.78, 5) is 0. The average Bonchev–Trinajstić information content (AvgIpc) is 2.21. The first-order valence-electron chi connectivity index (χ1n) is 3.84. The van der Waals surface area contributed by atoms with E-state index in [0.29, 0.717) is 5.82 Å². The monoisotopic (exact) mass is 251 g/mol. The largest absolute Gasteiger partial charge is 0.365 e. The second-order valence-corrected chi connectivity index (χ2v) is 3.50. The summed E-state index contributed by atoms with van der Waals surface area (Å²) in [5.74, 6) is 0.539. The topological polar surface area (TPSA) is 77.6 Å². The minimum Gasteiger partial charge on any atom is -0.365 e. The van der Waals surface area contributed by atoms with Crippen molar-refractivity contribution >= 4 is 21.9 Å². The highest BCUT2D eigenvalue weighted by Gasteiger charge is 2.01. The highest BCUT2D eigenvalue weighted by atomic mass is 79.9. The van der Waals surface area contributed by atoms with Crippen LogP contribution < -0.4 is 5.73 Å². The van der Waals surface area contributed by atoms with Gasteiger partial charge in [-0.3, -0.25) is 0 Å². The minimum atomic E-state index is 0.0749. The fourth-order valence-corrected chi connectivity index (χ4v) is 1.22. The molecule has 0 spiro atoms. The summed E-state index contributed by atoms with van der Waals surface area (Å²) in [7, 11) is 0. The molecule has 2 aromatic rings. The molecule has 2 N–H and O–H groups in total. The molecule has 1 aromatic carbocycles. The van der Waals surface area contributed by atoms with Crippen LogP contribution in [0.25, 0.3) is 11.4 Å². The van der Waals surface area contributed by atoms with Crippen molar-refractivity contribution in [2.75, 3.05) is 5.73 Å². The van der Waals surface area contributed by atoms with Crippen LogP contribution >= 0.6 is 15.9 Å². The van der Waals surface area contributed by atoms with Gasteiger partial charge >= 0.3 is 0 Å². The average molecular weight is 252 g/mol. The Morgan fingerprint density at radius 3 is 2.07 bits per heavy atom. The summed E-state index contributed by atoms with van der Waals surface area (Å²) >= 11 is 3.34. The number of aromatic nitrogens is 4. The van der Waals surface area contributed by atoms with Crippen LogP contribution in [-0.4, -0.2) is 20.4 Å². The van der Waals surface area contributed by atoms with E-state index < -0.39 is 0 Å². The maximum absolute atomic E-state index is 5.27. The lowest BCUT2D eigenvalue weighted by atomic mass is 10.2. The third-order valence-electron chi connectivity index (χ3n) is 1.60. The van der Waals surface area contributed by atoms with E-state index in [4.69, 9.17) is 5.73 Å². The standard InChI is InChI=1S/C8H6BrN5/c9-6-3-1-5(2-4-6)7-11-13-8(10)14-12-7/h1-4H,(H2,10,13,14). The van der Waals surface area contributed by atoms with Crippen molar-refractivity contribution in [1.29, 1.82) is 0 Å². The Hall–Kier alpha value is -1.56. The Kier molecular flexibility index (Phi) is 2.36. The third kappa shape index (κ3) is 1.85. The molecule has 0 saturated heterocycles. The molecule has 5 nitrogen and oxygen atoms in total. The molecule has 0 fully saturated rings. The minimum absolute atomic E-state index is 0.0749. The first-order chi connectivity index (χ1) is 6.75. The molecule has 0 unspecified atom stereocenters. The van der Waals surface area contributed by atoms with Gasteiger partial charge in [0.2, 0.25) is 5.82 Å². The molecule has 1 aromatic heterocycles. The zero-order valence-corrected chi connectivity index (χ0v) is 8.64. The fraction of sp³-hybridized carbons (Fsp3) is 0. The van der Waals surface area contributed by atoms with Crippen molar-refractivity contribution in [3.8, 4) is 11.4 Å². The highest BCUT2D eigenvalue weighted by Crippen LogP contribution is 2.16. The van der Waals surface area contributed by atoms with E-state index in [2.05, 4.69) is 36.3 Å². The van der Waals surface area contributed by atoms with Crippen molar-refractivity contribution in [2.24, 2.45) is 0 Å². The summed E-state index contributed by atoms with van der Waals surface area (Å²) in [5, 5.41) is 14.9. The molecule has 14 heavy (non-hydrogen) atoms. The smallest absolute Gasteiger partial charge is 0.259 e. The summed E-state index contributed by atoms with van der Waals surface area (Å²) in [6.45, 7) is 0.